The summed E-state index contributed by atoms with van der Waals surface area (Å²) in [5.41, 5.74) is 0.449. The van der Waals surface area contributed by atoms with E-state index in [0.29, 0.717) is 10.6 Å². The first-order chi connectivity index (χ1) is 6.56. The average molecular weight is 218 g/mol. The number of methoxy groups -OCH3 is 1. The predicted octanol–water partition coefficient (Wildman–Crippen LogP) is 2.69. The molecule has 4 heteroatoms. The van der Waals surface area contributed by atoms with Crippen molar-refractivity contribution < 1.29 is 9.13 Å². The van der Waals surface area contributed by atoms with E-state index in [1.54, 1.807) is 11.0 Å². The van der Waals surface area contributed by atoms with Crippen molar-refractivity contribution in [3.8, 4) is 0 Å². The highest BCUT2D eigenvalue weighted by molar-refractivity contribution is 6.30. The number of hydrogen-bond acceptors (Lipinski definition) is 2. The lowest BCUT2D eigenvalue weighted by Gasteiger charge is -2.23. The number of ether oxygens (including phenoxy) is 1. The van der Waals surface area contributed by atoms with Crippen LogP contribution in [0.15, 0.2) is 18.2 Å². The Labute approximate surface area is 88.2 Å². The van der Waals surface area contributed by atoms with Crippen molar-refractivity contribution >= 4 is 11.6 Å². The van der Waals surface area contributed by atoms with Gasteiger partial charge in [0.05, 0.1) is 0 Å². The van der Waals surface area contributed by atoms with Crippen molar-refractivity contribution in [2.24, 2.45) is 0 Å². The van der Waals surface area contributed by atoms with Gasteiger partial charge >= 0.3 is 0 Å². The second-order valence-corrected chi connectivity index (χ2v) is 3.65. The number of benzene rings is 1. The first-order valence-corrected chi connectivity index (χ1v) is 4.58. The molecule has 1 unspecified atom stereocenters. The third-order valence-electron chi connectivity index (χ3n) is 1.92. The Morgan fingerprint density at radius 1 is 1.43 bits per heavy atom. The van der Waals surface area contributed by atoms with Gasteiger partial charge in [-0.05, 0) is 32.3 Å². The van der Waals surface area contributed by atoms with Crippen molar-refractivity contribution in [2.45, 2.75) is 6.23 Å². The van der Waals surface area contributed by atoms with E-state index in [1.807, 2.05) is 14.1 Å². The van der Waals surface area contributed by atoms with E-state index in [9.17, 15) is 4.39 Å². The SMILES string of the molecule is COC(c1cc(Cl)ccc1F)N(C)C. The van der Waals surface area contributed by atoms with E-state index in [2.05, 4.69) is 0 Å². The van der Waals surface area contributed by atoms with Crippen LogP contribution in [-0.2, 0) is 4.74 Å². The van der Waals surface area contributed by atoms with Crippen molar-refractivity contribution in [3.05, 3.63) is 34.6 Å². The van der Waals surface area contributed by atoms with Gasteiger partial charge in [0.15, 0.2) is 0 Å². The number of rotatable bonds is 3. The highest BCUT2D eigenvalue weighted by atomic mass is 35.5. The summed E-state index contributed by atoms with van der Waals surface area (Å²) in [5.74, 6) is -0.310. The number of halogens is 2. The Morgan fingerprint density at radius 2 is 2.07 bits per heavy atom. The fraction of sp³-hybridized carbons (Fsp3) is 0.400. The van der Waals surface area contributed by atoms with Gasteiger partial charge < -0.3 is 4.74 Å². The first kappa shape index (κ1) is 11.4. The summed E-state index contributed by atoms with van der Waals surface area (Å²) in [5, 5.41) is 0.505. The van der Waals surface area contributed by atoms with Crippen LogP contribution in [0.2, 0.25) is 5.02 Å². The molecule has 0 saturated carbocycles. The van der Waals surface area contributed by atoms with Crippen LogP contribution < -0.4 is 0 Å². The van der Waals surface area contributed by atoms with Gasteiger partial charge in [0.25, 0.3) is 0 Å². The van der Waals surface area contributed by atoms with Gasteiger partial charge in [-0.1, -0.05) is 11.6 Å². The number of nitrogens with zero attached hydrogens (tertiary/aromatic N) is 1. The predicted molar refractivity (Wildman–Crippen MR) is 54.8 cm³/mol. The van der Waals surface area contributed by atoms with Crippen LogP contribution in [0.5, 0.6) is 0 Å². The maximum atomic E-state index is 13.4. The molecule has 2 nitrogen and oxygen atoms in total. The molecular weight excluding hydrogens is 205 g/mol. The minimum atomic E-state index is -0.409. The molecule has 0 aliphatic carbocycles. The van der Waals surface area contributed by atoms with E-state index >= 15 is 0 Å². The summed E-state index contributed by atoms with van der Waals surface area (Å²) in [7, 11) is 5.16. The van der Waals surface area contributed by atoms with E-state index in [0.717, 1.165) is 0 Å². The summed E-state index contributed by atoms with van der Waals surface area (Å²) in [6.07, 6.45) is -0.409. The molecule has 0 aromatic heterocycles. The second kappa shape index (κ2) is 4.73. The fourth-order valence-corrected chi connectivity index (χ4v) is 1.50. The van der Waals surface area contributed by atoms with Gasteiger partial charge in [-0.2, -0.15) is 0 Å². The molecule has 0 fully saturated rings. The van der Waals surface area contributed by atoms with Crippen LogP contribution in [0.3, 0.4) is 0 Å². The molecule has 0 saturated heterocycles. The molecule has 0 N–H and O–H groups in total. The first-order valence-electron chi connectivity index (χ1n) is 4.20. The van der Waals surface area contributed by atoms with Gasteiger partial charge in [0, 0.05) is 17.7 Å². The molecule has 0 heterocycles. The van der Waals surface area contributed by atoms with Crippen LogP contribution in [-0.4, -0.2) is 26.1 Å². The molecule has 0 aliphatic heterocycles. The molecule has 1 aromatic rings. The molecule has 0 aliphatic rings. The van der Waals surface area contributed by atoms with Crippen LogP contribution in [0, 0.1) is 5.82 Å². The van der Waals surface area contributed by atoms with Gasteiger partial charge in [0.2, 0.25) is 0 Å². The summed E-state index contributed by atoms with van der Waals surface area (Å²) in [4.78, 5) is 1.77. The Morgan fingerprint density at radius 3 is 2.57 bits per heavy atom. The van der Waals surface area contributed by atoms with Crippen LogP contribution in [0.25, 0.3) is 0 Å². The summed E-state index contributed by atoms with van der Waals surface area (Å²) >= 11 is 5.78. The van der Waals surface area contributed by atoms with Crippen molar-refractivity contribution in [3.63, 3.8) is 0 Å². The normalized spacial score (nSPS) is 13.3. The second-order valence-electron chi connectivity index (χ2n) is 3.22. The van der Waals surface area contributed by atoms with Crippen LogP contribution in [0.1, 0.15) is 11.8 Å². The molecule has 1 aromatic carbocycles. The minimum Gasteiger partial charge on any atom is -0.362 e. The Bertz CT molecular complexity index is 317. The highest BCUT2D eigenvalue weighted by Gasteiger charge is 2.17. The lowest BCUT2D eigenvalue weighted by Crippen LogP contribution is -2.22. The van der Waals surface area contributed by atoms with E-state index in [4.69, 9.17) is 16.3 Å². The van der Waals surface area contributed by atoms with Gasteiger partial charge in [-0.25, -0.2) is 4.39 Å². The highest BCUT2D eigenvalue weighted by Crippen LogP contribution is 2.24. The van der Waals surface area contributed by atoms with Crippen molar-refractivity contribution in [2.75, 3.05) is 21.2 Å². The van der Waals surface area contributed by atoms with E-state index in [-0.39, 0.29) is 5.82 Å². The monoisotopic (exact) mass is 217 g/mol. The maximum absolute atomic E-state index is 13.4. The topological polar surface area (TPSA) is 12.5 Å². The summed E-state index contributed by atoms with van der Waals surface area (Å²) in [6.45, 7) is 0. The van der Waals surface area contributed by atoms with Gasteiger partial charge in [-0.3, -0.25) is 4.90 Å². The molecule has 0 radical (unpaired) electrons. The zero-order valence-corrected chi connectivity index (χ0v) is 9.18. The summed E-state index contributed by atoms with van der Waals surface area (Å²) in [6, 6.07) is 4.43. The standard InChI is InChI=1S/C10H13ClFNO/c1-13(2)10(14-3)8-6-7(11)4-5-9(8)12/h4-6,10H,1-3H3. The third kappa shape index (κ3) is 2.44. The fourth-order valence-electron chi connectivity index (χ4n) is 1.32. The van der Waals surface area contributed by atoms with Crippen molar-refractivity contribution in [1.29, 1.82) is 0 Å². The molecule has 1 atom stereocenters. The molecule has 78 valence electrons. The summed E-state index contributed by atoms with van der Waals surface area (Å²) < 4.78 is 18.6. The molecule has 0 spiro atoms. The van der Waals surface area contributed by atoms with E-state index < -0.39 is 6.23 Å². The Kier molecular flexibility index (Phi) is 3.86. The zero-order valence-electron chi connectivity index (χ0n) is 8.42. The molecule has 0 bridgehead atoms. The third-order valence-corrected chi connectivity index (χ3v) is 2.15. The quantitative estimate of drug-likeness (QED) is 0.722. The van der Waals surface area contributed by atoms with Gasteiger partial charge in [0.1, 0.15) is 12.0 Å². The van der Waals surface area contributed by atoms with Crippen molar-refractivity contribution in [1.82, 2.24) is 4.90 Å². The molecule has 14 heavy (non-hydrogen) atoms. The van der Waals surface area contributed by atoms with Crippen LogP contribution >= 0.6 is 11.6 Å². The molecule has 0 amide bonds. The Balaban J connectivity index is 3.08. The van der Waals surface area contributed by atoms with Gasteiger partial charge in [-0.15, -0.1) is 0 Å². The smallest absolute Gasteiger partial charge is 0.138 e. The maximum Gasteiger partial charge on any atom is 0.138 e. The molecule has 1 rings (SSSR count). The zero-order chi connectivity index (χ0) is 10.7. The lowest BCUT2D eigenvalue weighted by molar-refractivity contribution is -0.00786. The average Bonchev–Trinajstić information content (AvgIpc) is 2.11. The minimum absolute atomic E-state index is 0.310. The lowest BCUT2D eigenvalue weighted by atomic mass is 10.2. The molecular formula is C10H13ClFNO. The largest absolute Gasteiger partial charge is 0.362 e. The Hall–Kier alpha value is -0.640. The van der Waals surface area contributed by atoms with Crippen LogP contribution in [0.4, 0.5) is 4.39 Å². The number of hydrogen-bond donors (Lipinski definition) is 0. The van der Waals surface area contributed by atoms with E-state index in [1.165, 1.54) is 19.2 Å².